The highest BCUT2D eigenvalue weighted by molar-refractivity contribution is 9.10. The number of carbonyl (C=O) groups is 1. The SMILES string of the molecule is C=CC(=O)Nc1ccc(F)c(Nc2nc(Nc3cnn(C)c3)ncc2-c2cc(F)c(Br)c(OC)c2)c1. The quantitative estimate of drug-likeness (QED) is 0.245. The zero-order chi connectivity index (χ0) is 25.8. The summed E-state index contributed by atoms with van der Waals surface area (Å²) in [6.45, 7) is 3.41. The van der Waals surface area contributed by atoms with Gasteiger partial charge in [-0.3, -0.25) is 9.48 Å². The monoisotopic (exact) mass is 555 g/mol. The number of ether oxygens (including phenoxy) is 1. The van der Waals surface area contributed by atoms with Crippen molar-refractivity contribution in [2.24, 2.45) is 7.05 Å². The van der Waals surface area contributed by atoms with E-state index < -0.39 is 17.5 Å². The van der Waals surface area contributed by atoms with Gasteiger partial charge >= 0.3 is 0 Å². The minimum absolute atomic E-state index is 0.0219. The molecule has 0 aliphatic heterocycles. The van der Waals surface area contributed by atoms with Gasteiger partial charge in [0.05, 0.1) is 29.2 Å². The van der Waals surface area contributed by atoms with Crippen molar-refractivity contribution in [3.8, 4) is 16.9 Å². The van der Waals surface area contributed by atoms with E-state index in [9.17, 15) is 13.6 Å². The van der Waals surface area contributed by atoms with Crippen molar-refractivity contribution in [1.82, 2.24) is 19.7 Å². The fourth-order valence-electron chi connectivity index (χ4n) is 3.25. The second kappa shape index (κ2) is 10.5. The molecule has 0 spiro atoms. The van der Waals surface area contributed by atoms with E-state index in [4.69, 9.17) is 4.74 Å². The van der Waals surface area contributed by atoms with Gasteiger partial charge in [-0.05, 0) is 57.9 Å². The lowest BCUT2D eigenvalue weighted by Gasteiger charge is -2.15. The van der Waals surface area contributed by atoms with E-state index in [2.05, 4.69) is 53.5 Å². The highest BCUT2D eigenvalue weighted by atomic mass is 79.9. The van der Waals surface area contributed by atoms with Crippen LogP contribution >= 0.6 is 15.9 Å². The van der Waals surface area contributed by atoms with Crippen molar-refractivity contribution >= 4 is 50.7 Å². The van der Waals surface area contributed by atoms with Crippen LogP contribution in [0, 0.1) is 11.6 Å². The first-order chi connectivity index (χ1) is 17.3. The number of nitrogens with zero attached hydrogens (tertiary/aromatic N) is 4. The Morgan fingerprint density at radius 2 is 1.94 bits per heavy atom. The topological polar surface area (TPSA) is 106 Å². The molecule has 184 valence electrons. The molecule has 4 rings (SSSR count). The Balaban J connectivity index is 1.79. The predicted molar refractivity (Wildman–Crippen MR) is 137 cm³/mol. The number of benzene rings is 2. The number of carbonyl (C=O) groups excluding carboxylic acids is 1. The average Bonchev–Trinajstić information content (AvgIpc) is 3.27. The second-order valence-corrected chi connectivity index (χ2v) is 8.26. The van der Waals surface area contributed by atoms with Crippen LogP contribution < -0.4 is 20.7 Å². The summed E-state index contributed by atoms with van der Waals surface area (Å²) in [7, 11) is 3.18. The van der Waals surface area contributed by atoms with E-state index >= 15 is 0 Å². The first-order valence-electron chi connectivity index (χ1n) is 10.4. The van der Waals surface area contributed by atoms with Crippen molar-refractivity contribution in [2.75, 3.05) is 23.1 Å². The molecule has 0 saturated carbocycles. The Morgan fingerprint density at radius 3 is 2.64 bits per heavy atom. The molecule has 2 aromatic carbocycles. The highest BCUT2D eigenvalue weighted by Crippen LogP contribution is 2.37. The maximum Gasteiger partial charge on any atom is 0.247 e. The van der Waals surface area contributed by atoms with E-state index in [0.717, 1.165) is 6.08 Å². The number of aromatic nitrogens is 4. The van der Waals surface area contributed by atoms with Gasteiger partial charge < -0.3 is 20.7 Å². The highest BCUT2D eigenvalue weighted by Gasteiger charge is 2.17. The van der Waals surface area contributed by atoms with Crippen LogP contribution in [-0.2, 0) is 11.8 Å². The molecule has 2 aromatic heterocycles. The van der Waals surface area contributed by atoms with Crippen molar-refractivity contribution in [3.63, 3.8) is 0 Å². The van der Waals surface area contributed by atoms with Crippen LogP contribution in [0.3, 0.4) is 0 Å². The summed E-state index contributed by atoms with van der Waals surface area (Å²) in [5, 5.41) is 12.6. The van der Waals surface area contributed by atoms with Gasteiger partial charge in [-0.1, -0.05) is 6.58 Å². The molecule has 0 radical (unpaired) electrons. The van der Waals surface area contributed by atoms with Crippen LogP contribution in [0.1, 0.15) is 0 Å². The number of hydrogen-bond donors (Lipinski definition) is 3. The molecule has 36 heavy (non-hydrogen) atoms. The van der Waals surface area contributed by atoms with Crippen molar-refractivity contribution in [2.45, 2.75) is 0 Å². The molecule has 0 aliphatic carbocycles. The predicted octanol–water partition coefficient (Wildman–Crippen LogP) is 5.54. The minimum atomic E-state index is -0.600. The van der Waals surface area contributed by atoms with E-state index in [1.54, 1.807) is 30.2 Å². The van der Waals surface area contributed by atoms with E-state index in [1.165, 1.54) is 37.6 Å². The number of amides is 1. The zero-order valence-electron chi connectivity index (χ0n) is 19.1. The molecule has 2 heterocycles. The summed E-state index contributed by atoms with van der Waals surface area (Å²) < 4.78 is 36.4. The van der Waals surface area contributed by atoms with Crippen LogP contribution in [0.25, 0.3) is 11.1 Å². The Labute approximate surface area is 213 Å². The van der Waals surface area contributed by atoms with Gasteiger partial charge in [0.2, 0.25) is 11.9 Å². The molecule has 0 aliphatic rings. The summed E-state index contributed by atoms with van der Waals surface area (Å²) in [6.07, 6.45) is 5.89. The summed E-state index contributed by atoms with van der Waals surface area (Å²) in [6, 6.07) is 6.88. The third-order valence-corrected chi connectivity index (χ3v) is 5.72. The van der Waals surface area contributed by atoms with Gasteiger partial charge in [0.15, 0.2) is 0 Å². The Hall–Kier alpha value is -4.32. The van der Waals surface area contributed by atoms with E-state index in [0.29, 0.717) is 22.5 Å². The molecule has 9 nitrogen and oxygen atoms in total. The maximum absolute atomic E-state index is 14.7. The van der Waals surface area contributed by atoms with Crippen LogP contribution in [0.5, 0.6) is 5.75 Å². The molecule has 4 aromatic rings. The maximum atomic E-state index is 14.7. The lowest BCUT2D eigenvalue weighted by Crippen LogP contribution is -2.08. The summed E-state index contributed by atoms with van der Waals surface area (Å²) in [5.74, 6) is -0.989. The summed E-state index contributed by atoms with van der Waals surface area (Å²) >= 11 is 3.16. The Kier molecular flexibility index (Phi) is 7.25. The molecule has 0 fully saturated rings. The third kappa shape index (κ3) is 5.49. The van der Waals surface area contributed by atoms with Crippen LogP contribution in [-0.4, -0.2) is 32.8 Å². The fourth-order valence-corrected chi connectivity index (χ4v) is 3.64. The molecule has 3 N–H and O–H groups in total. The van der Waals surface area contributed by atoms with Gasteiger partial charge in [0, 0.05) is 30.7 Å². The lowest BCUT2D eigenvalue weighted by molar-refractivity contribution is -0.111. The summed E-state index contributed by atoms with van der Waals surface area (Å²) in [5.41, 5.74) is 1.75. The molecule has 0 bridgehead atoms. The van der Waals surface area contributed by atoms with Crippen molar-refractivity contribution in [3.05, 3.63) is 77.7 Å². The minimum Gasteiger partial charge on any atom is -0.495 e. The molecule has 0 unspecified atom stereocenters. The number of nitrogens with one attached hydrogen (secondary N) is 3. The van der Waals surface area contributed by atoms with Crippen LogP contribution in [0.4, 0.5) is 37.6 Å². The average molecular weight is 556 g/mol. The number of methoxy groups -OCH3 is 1. The normalized spacial score (nSPS) is 10.6. The van der Waals surface area contributed by atoms with Gasteiger partial charge in [-0.15, -0.1) is 0 Å². The number of anilines is 5. The van der Waals surface area contributed by atoms with Gasteiger partial charge in [-0.2, -0.15) is 10.1 Å². The zero-order valence-corrected chi connectivity index (χ0v) is 20.7. The fraction of sp³-hybridized carbons (Fsp3) is 0.0833. The molecule has 0 atom stereocenters. The number of halogens is 3. The van der Waals surface area contributed by atoms with E-state index in [1.807, 2.05) is 0 Å². The molecule has 0 saturated heterocycles. The Bertz CT molecular complexity index is 1460. The summed E-state index contributed by atoms with van der Waals surface area (Å²) in [4.78, 5) is 20.5. The second-order valence-electron chi connectivity index (χ2n) is 7.47. The largest absolute Gasteiger partial charge is 0.495 e. The van der Waals surface area contributed by atoms with Crippen LogP contribution in [0.15, 0.2) is 66.1 Å². The first-order valence-corrected chi connectivity index (χ1v) is 11.2. The van der Waals surface area contributed by atoms with Gasteiger partial charge in [0.25, 0.3) is 0 Å². The standard InChI is InChI=1S/C24H20BrF2N7O2/c1-4-21(35)30-14-5-6-17(26)19(9-14)32-23-16(13-7-18(27)22(25)20(8-13)36-3)11-28-24(33-23)31-15-10-29-34(2)12-15/h4-12H,1H2,2-3H3,(H,30,35)(H2,28,31,32,33). The first kappa shape index (κ1) is 24.8. The molecular weight excluding hydrogens is 536 g/mol. The van der Waals surface area contributed by atoms with E-state index in [-0.39, 0.29) is 27.7 Å². The number of hydrogen-bond acceptors (Lipinski definition) is 7. The lowest BCUT2D eigenvalue weighted by atomic mass is 10.1. The number of rotatable bonds is 8. The molecular formula is C24H20BrF2N7O2. The molecule has 12 heteroatoms. The van der Waals surface area contributed by atoms with Crippen molar-refractivity contribution in [1.29, 1.82) is 0 Å². The van der Waals surface area contributed by atoms with Crippen molar-refractivity contribution < 1.29 is 18.3 Å². The Morgan fingerprint density at radius 1 is 1.14 bits per heavy atom. The van der Waals surface area contributed by atoms with Gasteiger partial charge in [0.1, 0.15) is 23.2 Å². The number of aryl methyl sites for hydroxylation is 1. The molecule has 1 amide bonds. The van der Waals surface area contributed by atoms with Crippen LogP contribution in [0.2, 0.25) is 0 Å². The smallest absolute Gasteiger partial charge is 0.247 e. The third-order valence-electron chi connectivity index (χ3n) is 4.95. The van der Waals surface area contributed by atoms with Gasteiger partial charge in [-0.25, -0.2) is 13.8 Å².